The van der Waals surface area contributed by atoms with Gasteiger partial charge in [-0.25, -0.2) is 0 Å². The Morgan fingerprint density at radius 2 is 2.04 bits per heavy atom. The molecule has 2 rings (SSSR count). The van der Waals surface area contributed by atoms with Crippen molar-refractivity contribution in [3.8, 4) is 0 Å². The van der Waals surface area contributed by atoms with Crippen LogP contribution >= 0.6 is 0 Å². The highest BCUT2D eigenvalue weighted by Crippen LogP contribution is 2.11. The Bertz CT molecular complexity index is 542. The number of likely N-dealkylation sites (tertiary alicyclic amines) is 1. The van der Waals surface area contributed by atoms with Crippen LogP contribution in [0.4, 0.5) is 0 Å². The molecule has 0 radical (unpaired) electrons. The summed E-state index contributed by atoms with van der Waals surface area (Å²) >= 11 is 0. The highest BCUT2D eigenvalue weighted by molar-refractivity contribution is 5.94. The van der Waals surface area contributed by atoms with E-state index in [1.807, 2.05) is 4.90 Å². The van der Waals surface area contributed by atoms with Crippen molar-refractivity contribution in [2.75, 3.05) is 26.2 Å². The zero-order chi connectivity index (χ0) is 17.2. The van der Waals surface area contributed by atoms with Gasteiger partial charge in [-0.05, 0) is 25.3 Å². The number of hydrogen-bond donors (Lipinski definition) is 2. The van der Waals surface area contributed by atoms with E-state index < -0.39 is 0 Å². The lowest BCUT2D eigenvalue weighted by Gasteiger charge is -2.20. The highest BCUT2D eigenvalue weighted by Gasteiger charge is 2.15. The number of rotatable bonds is 8. The summed E-state index contributed by atoms with van der Waals surface area (Å²) in [6.45, 7) is 2.34. The van der Waals surface area contributed by atoms with Crippen molar-refractivity contribution < 1.29 is 18.8 Å². The quantitative estimate of drug-likeness (QED) is 0.701. The standard InChI is InChI=1S/C17H25N3O4/c21-15(6-9-19-17(23)14-7-12-24-13-14)18-8-4-11-20-10-3-1-2-5-16(20)22/h7,12-13H,1-6,8-11H2,(H,18,21)(H,19,23). The van der Waals surface area contributed by atoms with Gasteiger partial charge >= 0.3 is 0 Å². The summed E-state index contributed by atoms with van der Waals surface area (Å²) in [6.07, 6.45) is 7.57. The fourth-order valence-corrected chi connectivity index (χ4v) is 2.65. The van der Waals surface area contributed by atoms with E-state index in [9.17, 15) is 14.4 Å². The van der Waals surface area contributed by atoms with Crippen LogP contribution in [0.25, 0.3) is 0 Å². The van der Waals surface area contributed by atoms with Gasteiger partial charge in [0.1, 0.15) is 6.26 Å². The first kappa shape index (κ1) is 18.0. The van der Waals surface area contributed by atoms with Crippen LogP contribution in [0.15, 0.2) is 23.0 Å². The van der Waals surface area contributed by atoms with E-state index >= 15 is 0 Å². The molecule has 0 saturated carbocycles. The molecule has 0 atom stereocenters. The number of nitrogens with zero attached hydrogens (tertiary/aromatic N) is 1. The molecule has 24 heavy (non-hydrogen) atoms. The fourth-order valence-electron chi connectivity index (χ4n) is 2.65. The van der Waals surface area contributed by atoms with Crippen molar-refractivity contribution in [3.05, 3.63) is 24.2 Å². The predicted octanol–water partition coefficient (Wildman–Crippen LogP) is 1.31. The monoisotopic (exact) mass is 335 g/mol. The first-order chi connectivity index (χ1) is 11.7. The second-order valence-electron chi connectivity index (χ2n) is 5.91. The van der Waals surface area contributed by atoms with E-state index in [0.717, 1.165) is 32.2 Å². The number of carbonyl (C=O) groups is 3. The van der Waals surface area contributed by atoms with E-state index in [2.05, 4.69) is 10.6 Å². The van der Waals surface area contributed by atoms with Gasteiger partial charge in [0.25, 0.3) is 5.91 Å². The van der Waals surface area contributed by atoms with Crippen LogP contribution in [0.2, 0.25) is 0 Å². The summed E-state index contributed by atoms with van der Waals surface area (Å²) in [4.78, 5) is 37.1. The molecule has 1 saturated heterocycles. The second kappa shape index (κ2) is 9.75. The molecule has 1 fully saturated rings. The van der Waals surface area contributed by atoms with Crippen LogP contribution in [0.1, 0.15) is 48.9 Å². The molecule has 2 N–H and O–H groups in total. The molecule has 1 aliphatic rings. The summed E-state index contributed by atoms with van der Waals surface area (Å²) in [5, 5.41) is 5.47. The number of amides is 3. The summed E-state index contributed by atoms with van der Waals surface area (Å²) in [7, 11) is 0. The van der Waals surface area contributed by atoms with Crippen LogP contribution in [0, 0.1) is 0 Å². The van der Waals surface area contributed by atoms with E-state index in [4.69, 9.17) is 4.42 Å². The fraction of sp³-hybridized carbons (Fsp3) is 0.588. The van der Waals surface area contributed by atoms with Crippen LogP contribution in [0.5, 0.6) is 0 Å². The Hall–Kier alpha value is -2.31. The van der Waals surface area contributed by atoms with Crippen molar-refractivity contribution in [2.24, 2.45) is 0 Å². The largest absolute Gasteiger partial charge is 0.472 e. The van der Waals surface area contributed by atoms with Crippen molar-refractivity contribution in [3.63, 3.8) is 0 Å². The zero-order valence-corrected chi connectivity index (χ0v) is 13.9. The molecule has 1 aromatic rings. The molecule has 0 spiro atoms. The van der Waals surface area contributed by atoms with Crippen LogP contribution in [-0.2, 0) is 9.59 Å². The van der Waals surface area contributed by atoms with Gasteiger partial charge in [0.05, 0.1) is 11.8 Å². The smallest absolute Gasteiger partial charge is 0.254 e. The molecule has 1 aliphatic heterocycles. The van der Waals surface area contributed by atoms with Gasteiger partial charge < -0.3 is 20.0 Å². The van der Waals surface area contributed by atoms with Crippen molar-refractivity contribution in [1.29, 1.82) is 0 Å². The van der Waals surface area contributed by atoms with E-state index in [-0.39, 0.29) is 30.7 Å². The summed E-state index contributed by atoms with van der Waals surface area (Å²) in [6, 6.07) is 1.57. The molecule has 3 amide bonds. The van der Waals surface area contributed by atoms with E-state index in [1.54, 1.807) is 6.07 Å². The third kappa shape index (κ3) is 6.06. The Morgan fingerprint density at radius 3 is 2.83 bits per heavy atom. The molecule has 0 aromatic carbocycles. The Morgan fingerprint density at radius 1 is 1.17 bits per heavy atom. The number of hydrogen-bond acceptors (Lipinski definition) is 4. The molecule has 1 aromatic heterocycles. The van der Waals surface area contributed by atoms with Gasteiger partial charge in [-0.1, -0.05) is 6.42 Å². The molecule has 2 heterocycles. The summed E-state index contributed by atoms with van der Waals surface area (Å²) in [5.41, 5.74) is 0.442. The third-order valence-corrected chi connectivity index (χ3v) is 4.02. The van der Waals surface area contributed by atoms with Gasteiger partial charge in [-0.3, -0.25) is 14.4 Å². The number of furan rings is 1. The zero-order valence-electron chi connectivity index (χ0n) is 13.9. The van der Waals surface area contributed by atoms with E-state index in [0.29, 0.717) is 25.1 Å². The van der Waals surface area contributed by atoms with Crippen LogP contribution in [-0.4, -0.2) is 48.8 Å². The molecule has 0 unspecified atom stereocenters. The number of carbonyl (C=O) groups excluding carboxylic acids is 3. The molecule has 7 heteroatoms. The molecular weight excluding hydrogens is 310 g/mol. The average Bonchev–Trinajstić information content (AvgIpc) is 3.03. The topological polar surface area (TPSA) is 91.7 Å². The van der Waals surface area contributed by atoms with Gasteiger partial charge in [-0.15, -0.1) is 0 Å². The lowest BCUT2D eigenvalue weighted by atomic mass is 10.2. The van der Waals surface area contributed by atoms with Crippen molar-refractivity contribution >= 4 is 17.7 Å². The third-order valence-electron chi connectivity index (χ3n) is 4.02. The molecule has 132 valence electrons. The maximum Gasteiger partial charge on any atom is 0.254 e. The second-order valence-corrected chi connectivity index (χ2v) is 5.91. The van der Waals surface area contributed by atoms with Crippen LogP contribution in [0.3, 0.4) is 0 Å². The highest BCUT2D eigenvalue weighted by atomic mass is 16.3. The first-order valence-corrected chi connectivity index (χ1v) is 8.51. The SMILES string of the molecule is O=C(CCNC(=O)c1ccoc1)NCCCN1CCCCCC1=O. The minimum Gasteiger partial charge on any atom is -0.472 e. The predicted molar refractivity (Wildman–Crippen MR) is 88.3 cm³/mol. The summed E-state index contributed by atoms with van der Waals surface area (Å²) in [5.74, 6) is -0.137. The molecule has 7 nitrogen and oxygen atoms in total. The van der Waals surface area contributed by atoms with E-state index in [1.165, 1.54) is 12.5 Å². The maximum atomic E-state index is 11.8. The van der Waals surface area contributed by atoms with Gasteiger partial charge in [0, 0.05) is 39.0 Å². The van der Waals surface area contributed by atoms with Gasteiger partial charge in [-0.2, -0.15) is 0 Å². The first-order valence-electron chi connectivity index (χ1n) is 8.51. The number of nitrogens with one attached hydrogen (secondary N) is 2. The Labute approximate surface area is 141 Å². The average molecular weight is 335 g/mol. The Balaban J connectivity index is 1.53. The summed E-state index contributed by atoms with van der Waals surface area (Å²) < 4.78 is 4.83. The van der Waals surface area contributed by atoms with Gasteiger partial charge in [0.2, 0.25) is 11.8 Å². The molecule has 0 aliphatic carbocycles. The van der Waals surface area contributed by atoms with Crippen molar-refractivity contribution in [1.82, 2.24) is 15.5 Å². The lowest BCUT2D eigenvalue weighted by molar-refractivity contribution is -0.130. The Kier molecular flexibility index (Phi) is 7.32. The maximum absolute atomic E-state index is 11.8. The van der Waals surface area contributed by atoms with Gasteiger partial charge in [0.15, 0.2) is 0 Å². The lowest BCUT2D eigenvalue weighted by Crippen LogP contribution is -2.35. The molecule has 0 bridgehead atoms. The minimum atomic E-state index is -0.253. The van der Waals surface area contributed by atoms with Crippen molar-refractivity contribution in [2.45, 2.75) is 38.5 Å². The minimum absolute atomic E-state index is 0.107. The normalized spacial score (nSPS) is 15.0. The van der Waals surface area contributed by atoms with Crippen LogP contribution < -0.4 is 10.6 Å². The molecular formula is C17H25N3O4.